The number of carbonyl (C=O) groups is 3. The number of benzene rings is 3. The maximum atomic E-state index is 13.8. The molecule has 12 heteroatoms. The molecule has 0 saturated carbocycles. The van der Waals surface area contributed by atoms with Gasteiger partial charge in [0.05, 0.1) is 16.7 Å². The van der Waals surface area contributed by atoms with E-state index >= 15 is 0 Å². The van der Waals surface area contributed by atoms with Crippen LogP contribution in [0.25, 0.3) is 0 Å². The summed E-state index contributed by atoms with van der Waals surface area (Å²) in [5.74, 6) is -15.8. The Hall–Kier alpha value is -3.99. The molecule has 0 aliphatic rings. The Morgan fingerprint density at radius 1 is 0.850 bits per heavy atom. The van der Waals surface area contributed by atoms with E-state index in [1.807, 2.05) is 13.8 Å². The zero-order valence-electron chi connectivity index (χ0n) is 21.4. The lowest BCUT2D eigenvalue weighted by atomic mass is 9.91. The number of hydrogen-bond acceptors (Lipinski definition) is 5. The van der Waals surface area contributed by atoms with Crippen LogP contribution in [0.3, 0.4) is 0 Å². The summed E-state index contributed by atoms with van der Waals surface area (Å²) in [6.45, 7) is 3.65. The maximum Gasteiger partial charge on any atom is 0.343 e. The lowest BCUT2D eigenvalue weighted by Crippen LogP contribution is -2.30. The molecule has 0 aliphatic carbocycles. The average Bonchev–Trinajstić information content (AvgIpc) is 2.93. The topological polar surface area (TPSA) is 81.7 Å². The van der Waals surface area contributed by atoms with Crippen molar-refractivity contribution in [3.63, 3.8) is 0 Å². The first kappa shape index (κ1) is 30.6. The monoisotopic (exact) mass is 583 g/mol. The van der Waals surface area contributed by atoms with Crippen molar-refractivity contribution in [3.05, 3.63) is 93.3 Å². The largest absolute Gasteiger partial charge is 0.489 e. The van der Waals surface area contributed by atoms with Crippen molar-refractivity contribution in [3.8, 4) is 11.5 Å². The molecule has 212 valence electrons. The number of carbonyl (C=O) groups excluding carboxylic acids is 3. The minimum Gasteiger partial charge on any atom is -0.489 e. The number of ether oxygens (including phenoxy) is 2. The number of Topliss-reactive ketones (excluding diaryl/α,β-unsaturated/α-hetero) is 1. The quantitative estimate of drug-likeness (QED) is 0.0765. The van der Waals surface area contributed by atoms with E-state index in [0.717, 1.165) is 0 Å². The lowest BCUT2D eigenvalue weighted by molar-refractivity contribution is -0.124. The van der Waals surface area contributed by atoms with Crippen molar-refractivity contribution < 1.29 is 45.8 Å². The van der Waals surface area contributed by atoms with Gasteiger partial charge in [0.15, 0.2) is 5.78 Å². The van der Waals surface area contributed by atoms with E-state index in [1.54, 1.807) is 6.07 Å². The van der Waals surface area contributed by atoms with Gasteiger partial charge in [0, 0.05) is 24.9 Å². The summed E-state index contributed by atoms with van der Waals surface area (Å²) in [4.78, 5) is 37.7. The Balaban J connectivity index is 1.73. The molecule has 40 heavy (non-hydrogen) atoms. The molecule has 1 unspecified atom stereocenters. The Kier molecular flexibility index (Phi) is 9.86. The average molecular weight is 584 g/mol. The zero-order valence-corrected chi connectivity index (χ0v) is 22.2. The zero-order chi connectivity index (χ0) is 29.7. The van der Waals surface area contributed by atoms with Crippen molar-refractivity contribution in [2.24, 2.45) is 5.92 Å². The van der Waals surface area contributed by atoms with Crippen LogP contribution in [-0.2, 0) is 11.2 Å². The number of hydrogen-bond donors (Lipinski definition) is 1. The van der Waals surface area contributed by atoms with E-state index in [1.165, 1.54) is 43.4 Å². The molecular weight excluding hydrogens is 561 g/mol. The molecule has 3 aromatic carbocycles. The molecule has 3 rings (SSSR count). The SMILES string of the molecule is CNC(=O)C(CC(=O)c1ccc(OC(C)C)c(Cl)c1)Cc1ccc(C(=O)Oc2c(F)c(F)c(F)c(F)c2F)cc1. The van der Waals surface area contributed by atoms with Crippen molar-refractivity contribution in [1.82, 2.24) is 5.32 Å². The number of ketones is 1. The van der Waals surface area contributed by atoms with Crippen LogP contribution in [0.4, 0.5) is 22.0 Å². The van der Waals surface area contributed by atoms with Gasteiger partial charge >= 0.3 is 5.97 Å². The molecule has 0 aliphatic heterocycles. The van der Waals surface area contributed by atoms with Gasteiger partial charge in [0.2, 0.25) is 40.7 Å². The van der Waals surface area contributed by atoms with E-state index in [4.69, 9.17) is 16.3 Å². The van der Waals surface area contributed by atoms with Crippen LogP contribution in [0.15, 0.2) is 42.5 Å². The third kappa shape index (κ3) is 6.95. The predicted molar refractivity (Wildman–Crippen MR) is 135 cm³/mol. The number of amides is 1. The van der Waals surface area contributed by atoms with E-state index in [2.05, 4.69) is 10.1 Å². The van der Waals surface area contributed by atoms with Crippen LogP contribution in [0, 0.1) is 35.0 Å². The number of halogens is 6. The van der Waals surface area contributed by atoms with Gasteiger partial charge in [-0.2, -0.15) is 8.78 Å². The fourth-order valence-electron chi connectivity index (χ4n) is 3.71. The van der Waals surface area contributed by atoms with Crippen molar-refractivity contribution in [2.75, 3.05) is 7.05 Å². The fraction of sp³-hybridized carbons (Fsp3) is 0.250. The molecule has 1 N–H and O–H groups in total. The highest BCUT2D eigenvalue weighted by Crippen LogP contribution is 2.30. The van der Waals surface area contributed by atoms with Gasteiger partial charge in [-0.15, -0.1) is 0 Å². The normalized spacial score (nSPS) is 11.8. The number of esters is 1. The van der Waals surface area contributed by atoms with Crippen molar-refractivity contribution >= 4 is 29.3 Å². The highest BCUT2D eigenvalue weighted by atomic mass is 35.5. The van der Waals surface area contributed by atoms with Crippen LogP contribution in [0.5, 0.6) is 11.5 Å². The molecule has 0 aromatic heterocycles. The summed E-state index contributed by atoms with van der Waals surface area (Å²) in [6, 6.07) is 9.70. The Labute approximate surface area is 231 Å². The second-order valence-electron chi connectivity index (χ2n) is 8.94. The minimum atomic E-state index is -2.39. The Morgan fingerprint density at radius 3 is 1.93 bits per heavy atom. The summed E-state index contributed by atoms with van der Waals surface area (Å²) < 4.78 is 77.6. The molecule has 1 amide bonds. The first-order valence-corrected chi connectivity index (χ1v) is 12.2. The smallest absolute Gasteiger partial charge is 0.343 e. The van der Waals surface area contributed by atoms with E-state index in [0.29, 0.717) is 11.3 Å². The lowest BCUT2D eigenvalue weighted by Gasteiger charge is -2.16. The first-order chi connectivity index (χ1) is 18.8. The molecular formula is C28H23ClF5NO5. The molecule has 0 saturated heterocycles. The second-order valence-corrected chi connectivity index (χ2v) is 9.35. The van der Waals surface area contributed by atoms with Crippen LogP contribution >= 0.6 is 11.6 Å². The Bertz CT molecular complexity index is 1420. The fourth-order valence-corrected chi connectivity index (χ4v) is 3.94. The summed E-state index contributed by atoms with van der Waals surface area (Å²) >= 11 is 6.22. The summed E-state index contributed by atoms with van der Waals surface area (Å²) in [6.07, 6.45) is -0.230. The Morgan fingerprint density at radius 2 is 1.40 bits per heavy atom. The van der Waals surface area contributed by atoms with Gasteiger partial charge in [0.25, 0.3) is 0 Å². The standard InChI is InChI=1S/C28H23ClF5NO5/c1-13(2)39-20-9-8-16(11-18(20)29)19(36)12-17(27(37)35-3)10-14-4-6-15(7-5-14)28(38)40-26-24(33)22(31)21(30)23(32)25(26)34/h4-9,11,13,17H,10,12H2,1-3H3,(H,35,37). The summed E-state index contributed by atoms with van der Waals surface area (Å²) in [7, 11) is 1.41. The molecule has 1 atom stereocenters. The summed E-state index contributed by atoms with van der Waals surface area (Å²) in [5, 5.41) is 2.73. The molecule has 0 bridgehead atoms. The highest BCUT2D eigenvalue weighted by molar-refractivity contribution is 6.32. The van der Waals surface area contributed by atoms with Crippen LogP contribution in [0.1, 0.15) is 46.5 Å². The van der Waals surface area contributed by atoms with Gasteiger partial charge in [0.1, 0.15) is 5.75 Å². The third-order valence-electron chi connectivity index (χ3n) is 5.70. The van der Waals surface area contributed by atoms with Crippen molar-refractivity contribution in [2.45, 2.75) is 32.8 Å². The molecule has 0 radical (unpaired) electrons. The molecule has 3 aromatic rings. The number of nitrogens with one attached hydrogen (secondary N) is 1. The van der Waals surface area contributed by atoms with Crippen LogP contribution in [-0.4, -0.2) is 30.8 Å². The molecule has 0 spiro atoms. The van der Waals surface area contributed by atoms with Gasteiger partial charge in [-0.05, 0) is 56.2 Å². The van der Waals surface area contributed by atoms with Crippen LogP contribution < -0.4 is 14.8 Å². The molecule has 0 fully saturated rings. The van der Waals surface area contributed by atoms with Gasteiger partial charge < -0.3 is 14.8 Å². The van der Waals surface area contributed by atoms with Crippen LogP contribution in [0.2, 0.25) is 5.02 Å². The van der Waals surface area contributed by atoms with Gasteiger partial charge in [-0.3, -0.25) is 9.59 Å². The van der Waals surface area contributed by atoms with Crippen molar-refractivity contribution in [1.29, 1.82) is 0 Å². The number of rotatable bonds is 10. The summed E-state index contributed by atoms with van der Waals surface area (Å²) in [5.41, 5.74) is 0.521. The first-order valence-electron chi connectivity index (χ1n) is 11.9. The van der Waals surface area contributed by atoms with E-state index < -0.39 is 52.6 Å². The van der Waals surface area contributed by atoms with E-state index in [9.17, 15) is 36.3 Å². The molecule has 0 heterocycles. The minimum absolute atomic E-state index is 0.0701. The molecule has 6 nitrogen and oxygen atoms in total. The second kappa shape index (κ2) is 12.9. The third-order valence-corrected chi connectivity index (χ3v) is 6.00. The van der Waals surface area contributed by atoms with Gasteiger partial charge in [-0.25, -0.2) is 18.0 Å². The van der Waals surface area contributed by atoms with E-state index in [-0.39, 0.29) is 40.9 Å². The maximum absolute atomic E-state index is 13.8. The highest BCUT2D eigenvalue weighted by Gasteiger charge is 2.29. The van der Waals surface area contributed by atoms with Gasteiger partial charge in [-0.1, -0.05) is 23.7 Å². The predicted octanol–water partition coefficient (Wildman–Crippen LogP) is 6.22.